The van der Waals surface area contributed by atoms with Gasteiger partial charge in [0, 0.05) is 15.5 Å². The Balaban J connectivity index is 2.12. The number of anilines is 3. The Morgan fingerprint density at radius 3 is 2.76 bits per heavy atom. The van der Waals surface area contributed by atoms with Gasteiger partial charge >= 0.3 is 0 Å². The van der Waals surface area contributed by atoms with E-state index in [-0.39, 0.29) is 5.02 Å². The summed E-state index contributed by atoms with van der Waals surface area (Å²) in [5, 5.41) is 4.09. The summed E-state index contributed by atoms with van der Waals surface area (Å²) in [5.74, 6) is 0.121. The Hall–Kier alpha value is -1.92. The van der Waals surface area contributed by atoms with Gasteiger partial charge < -0.3 is 11.1 Å². The number of nitrogens with one attached hydrogen (secondary N) is 1. The van der Waals surface area contributed by atoms with Crippen molar-refractivity contribution in [3.05, 3.63) is 52.0 Å². The first kappa shape index (κ1) is 14.0. The normalized spacial score (nSPS) is 10.8. The number of nitrogen functional groups attached to an aromatic ring is 1. The van der Waals surface area contributed by atoms with Crippen molar-refractivity contribution in [2.75, 3.05) is 11.1 Å². The summed E-state index contributed by atoms with van der Waals surface area (Å²) in [6.07, 6.45) is 1.44. The number of benzene rings is 2. The van der Waals surface area contributed by atoms with Crippen LogP contribution in [0, 0.1) is 5.82 Å². The summed E-state index contributed by atoms with van der Waals surface area (Å²) in [5.41, 5.74) is 7.67. The number of rotatable bonds is 2. The molecule has 0 aliphatic rings. The third kappa shape index (κ3) is 2.77. The van der Waals surface area contributed by atoms with E-state index >= 15 is 0 Å². The number of fused-ring (bicyclic) bond motifs is 1. The maximum absolute atomic E-state index is 13.3. The molecule has 1 aromatic heterocycles. The number of nitrogens with two attached hydrogens (primary N) is 1. The molecule has 3 aromatic rings. The van der Waals surface area contributed by atoms with Gasteiger partial charge in [-0.15, -0.1) is 0 Å². The van der Waals surface area contributed by atoms with Crippen LogP contribution in [0.15, 0.2) is 41.1 Å². The van der Waals surface area contributed by atoms with Crippen LogP contribution in [0.4, 0.5) is 21.6 Å². The van der Waals surface area contributed by atoms with Crippen LogP contribution in [-0.4, -0.2) is 9.97 Å². The summed E-state index contributed by atoms with van der Waals surface area (Å²) in [7, 11) is 0. The summed E-state index contributed by atoms with van der Waals surface area (Å²) in [4.78, 5) is 8.37. The average Bonchev–Trinajstić information content (AvgIpc) is 2.43. The van der Waals surface area contributed by atoms with Crippen LogP contribution in [0.2, 0.25) is 5.02 Å². The maximum atomic E-state index is 13.3. The van der Waals surface area contributed by atoms with Gasteiger partial charge in [-0.2, -0.15) is 0 Å². The van der Waals surface area contributed by atoms with Crippen molar-refractivity contribution in [3.63, 3.8) is 0 Å². The quantitative estimate of drug-likeness (QED) is 0.654. The Bertz CT molecular complexity index is 817. The zero-order chi connectivity index (χ0) is 15.0. The molecule has 0 bridgehead atoms. The minimum absolute atomic E-state index is 0.248. The second-order valence-corrected chi connectivity index (χ2v) is 5.63. The van der Waals surface area contributed by atoms with Crippen LogP contribution in [0.1, 0.15) is 0 Å². The average molecular weight is 368 g/mol. The molecule has 0 saturated heterocycles. The molecule has 21 heavy (non-hydrogen) atoms. The van der Waals surface area contributed by atoms with Crippen molar-refractivity contribution >= 4 is 55.6 Å². The second-order valence-electron chi connectivity index (χ2n) is 4.37. The zero-order valence-corrected chi connectivity index (χ0v) is 12.9. The van der Waals surface area contributed by atoms with E-state index in [2.05, 4.69) is 31.2 Å². The van der Waals surface area contributed by atoms with Crippen LogP contribution < -0.4 is 11.1 Å². The third-order valence-corrected chi connectivity index (χ3v) is 3.83. The Kier molecular flexibility index (Phi) is 3.65. The fraction of sp³-hybridized carbons (Fsp3) is 0. The first-order valence-corrected chi connectivity index (χ1v) is 7.13. The summed E-state index contributed by atoms with van der Waals surface area (Å²) >= 11 is 9.35. The predicted molar refractivity (Wildman–Crippen MR) is 86.3 cm³/mol. The van der Waals surface area contributed by atoms with Gasteiger partial charge in [-0.1, -0.05) is 11.6 Å². The molecule has 106 valence electrons. The number of hydrogen-bond donors (Lipinski definition) is 2. The zero-order valence-electron chi connectivity index (χ0n) is 10.6. The SMILES string of the molecule is Nc1ccc2ncnc(Nc3c(Cl)cc(F)cc3Br)c2c1. The lowest BCUT2D eigenvalue weighted by atomic mass is 10.2. The first-order valence-electron chi connectivity index (χ1n) is 5.96. The van der Waals surface area contributed by atoms with Crippen molar-refractivity contribution in [2.45, 2.75) is 0 Å². The van der Waals surface area contributed by atoms with Crippen LogP contribution in [0.3, 0.4) is 0 Å². The van der Waals surface area contributed by atoms with Crippen molar-refractivity contribution in [1.82, 2.24) is 9.97 Å². The molecule has 2 aromatic carbocycles. The lowest BCUT2D eigenvalue weighted by molar-refractivity contribution is 0.627. The number of hydrogen-bond acceptors (Lipinski definition) is 4. The minimum atomic E-state index is -0.422. The van der Waals surface area contributed by atoms with Crippen molar-refractivity contribution in [3.8, 4) is 0 Å². The molecule has 4 nitrogen and oxygen atoms in total. The molecular formula is C14H9BrClFN4. The lowest BCUT2D eigenvalue weighted by Gasteiger charge is -2.12. The van der Waals surface area contributed by atoms with Gasteiger partial charge in [0.2, 0.25) is 0 Å². The molecule has 0 aliphatic carbocycles. The minimum Gasteiger partial charge on any atom is -0.399 e. The summed E-state index contributed by atoms with van der Waals surface area (Å²) < 4.78 is 13.8. The van der Waals surface area contributed by atoms with E-state index in [0.717, 1.165) is 10.9 Å². The molecule has 0 amide bonds. The van der Waals surface area contributed by atoms with E-state index in [4.69, 9.17) is 17.3 Å². The van der Waals surface area contributed by atoms with E-state index in [1.165, 1.54) is 18.5 Å². The first-order chi connectivity index (χ1) is 10.0. The van der Waals surface area contributed by atoms with Gasteiger partial charge in [-0.25, -0.2) is 14.4 Å². The van der Waals surface area contributed by atoms with E-state index < -0.39 is 5.82 Å². The molecule has 7 heteroatoms. The molecule has 0 aliphatic heterocycles. The van der Waals surface area contributed by atoms with Crippen LogP contribution >= 0.6 is 27.5 Å². The number of halogens is 3. The largest absolute Gasteiger partial charge is 0.399 e. The molecule has 0 saturated carbocycles. The van der Waals surface area contributed by atoms with Gasteiger partial charge in [-0.05, 0) is 46.3 Å². The van der Waals surface area contributed by atoms with Crippen LogP contribution in [0.5, 0.6) is 0 Å². The molecule has 0 spiro atoms. The van der Waals surface area contributed by atoms with E-state index in [1.54, 1.807) is 18.2 Å². The molecule has 0 unspecified atom stereocenters. The molecule has 3 rings (SSSR count). The summed E-state index contributed by atoms with van der Waals surface area (Å²) in [6, 6.07) is 7.89. The monoisotopic (exact) mass is 366 g/mol. The summed E-state index contributed by atoms with van der Waals surface area (Å²) in [6.45, 7) is 0. The Morgan fingerprint density at radius 2 is 2.00 bits per heavy atom. The molecular weight excluding hydrogens is 359 g/mol. The highest BCUT2D eigenvalue weighted by Crippen LogP contribution is 2.35. The number of nitrogens with zero attached hydrogens (tertiary/aromatic N) is 2. The fourth-order valence-corrected chi connectivity index (χ4v) is 2.85. The molecule has 0 fully saturated rings. The van der Waals surface area contributed by atoms with Gasteiger partial charge in [0.25, 0.3) is 0 Å². The molecule has 1 heterocycles. The highest BCUT2D eigenvalue weighted by molar-refractivity contribution is 9.10. The third-order valence-electron chi connectivity index (χ3n) is 2.91. The lowest BCUT2D eigenvalue weighted by Crippen LogP contribution is -1.98. The van der Waals surface area contributed by atoms with Crippen LogP contribution in [-0.2, 0) is 0 Å². The van der Waals surface area contributed by atoms with E-state index in [1.807, 2.05) is 0 Å². The Morgan fingerprint density at radius 1 is 1.19 bits per heavy atom. The number of aromatic nitrogens is 2. The van der Waals surface area contributed by atoms with E-state index in [0.29, 0.717) is 21.7 Å². The van der Waals surface area contributed by atoms with Crippen molar-refractivity contribution < 1.29 is 4.39 Å². The maximum Gasteiger partial charge on any atom is 0.141 e. The van der Waals surface area contributed by atoms with Gasteiger partial charge in [0.1, 0.15) is 18.0 Å². The topological polar surface area (TPSA) is 63.8 Å². The second kappa shape index (κ2) is 5.46. The van der Waals surface area contributed by atoms with Gasteiger partial charge in [0.15, 0.2) is 0 Å². The smallest absolute Gasteiger partial charge is 0.141 e. The predicted octanol–water partition coefficient (Wildman–Crippen LogP) is 4.51. The Labute approximate surface area is 133 Å². The fourth-order valence-electron chi connectivity index (χ4n) is 1.95. The molecule has 0 radical (unpaired) electrons. The standard InChI is InChI=1S/C14H9BrClFN4/c15-10-3-7(17)4-11(16)13(10)21-14-9-5-8(18)1-2-12(9)19-6-20-14/h1-6H,18H2,(H,19,20,21). The van der Waals surface area contributed by atoms with Crippen LogP contribution in [0.25, 0.3) is 10.9 Å². The van der Waals surface area contributed by atoms with E-state index in [9.17, 15) is 4.39 Å². The highest BCUT2D eigenvalue weighted by atomic mass is 79.9. The van der Waals surface area contributed by atoms with Crippen molar-refractivity contribution in [1.29, 1.82) is 0 Å². The molecule has 3 N–H and O–H groups in total. The van der Waals surface area contributed by atoms with Gasteiger partial charge in [-0.3, -0.25) is 0 Å². The highest BCUT2D eigenvalue weighted by Gasteiger charge is 2.11. The van der Waals surface area contributed by atoms with Gasteiger partial charge in [0.05, 0.1) is 16.2 Å². The molecule has 0 atom stereocenters. The van der Waals surface area contributed by atoms with Crippen molar-refractivity contribution in [2.24, 2.45) is 0 Å².